The summed E-state index contributed by atoms with van der Waals surface area (Å²) in [5.74, 6) is 0.702. The Morgan fingerprint density at radius 3 is 2.75 bits per heavy atom. The maximum atomic E-state index is 11.0. The van der Waals surface area contributed by atoms with Gasteiger partial charge in [-0.05, 0) is 37.5 Å². The van der Waals surface area contributed by atoms with E-state index in [9.17, 15) is 4.79 Å². The first-order chi connectivity index (χ1) is 7.61. The lowest BCUT2D eigenvalue weighted by atomic mass is 10.1. The van der Waals surface area contributed by atoms with Crippen molar-refractivity contribution in [3.05, 3.63) is 28.2 Å². The predicted molar refractivity (Wildman–Crippen MR) is 70.1 cm³/mol. The van der Waals surface area contributed by atoms with Gasteiger partial charge < -0.3 is 4.90 Å². The Labute approximate surface area is 105 Å². The molecule has 1 fully saturated rings. The summed E-state index contributed by atoms with van der Waals surface area (Å²) in [6.07, 6.45) is 2.14. The summed E-state index contributed by atoms with van der Waals surface area (Å²) in [5, 5.41) is 0. The molecule has 0 saturated carbocycles. The molecule has 0 amide bonds. The van der Waals surface area contributed by atoms with Gasteiger partial charge in [-0.1, -0.05) is 22.9 Å². The van der Waals surface area contributed by atoms with Gasteiger partial charge in [-0.15, -0.1) is 0 Å². The number of nitrogens with zero attached hydrogens (tertiary/aromatic N) is 1. The van der Waals surface area contributed by atoms with E-state index >= 15 is 0 Å². The maximum absolute atomic E-state index is 11.0. The fourth-order valence-electron chi connectivity index (χ4n) is 2.50. The minimum Gasteiger partial charge on any atom is -0.368 e. The van der Waals surface area contributed by atoms with Gasteiger partial charge in [0.2, 0.25) is 0 Å². The third-order valence-corrected chi connectivity index (χ3v) is 3.71. The van der Waals surface area contributed by atoms with Crippen LogP contribution in [-0.4, -0.2) is 18.9 Å². The fourth-order valence-corrected chi connectivity index (χ4v) is 2.85. The van der Waals surface area contributed by atoms with Crippen molar-refractivity contribution in [1.82, 2.24) is 0 Å². The van der Waals surface area contributed by atoms with Crippen LogP contribution >= 0.6 is 15.9 Å². The summed E-state index contributed by atoms with van der Waals surface area (Å²) in [5.41, 5.74) is 1.84. The van der Waals surface area contributed by atoms with Gasteiger partial charge in [0.15, 0.2) is 6.29 Å². The lowest BCUT2D eigenvalue weighted by Gasteiger charge is -2.25. The van der Waals surface area contributed by atoms with Crippen molar-refractivity contribution in [2.45, 2.75) is 26.3 Å². The zero-order valence-electron chi connectivity index (χ0n) is 9.61. The topological polar surface area (TPSA) is 20.3 Å². The van der Waals surface area contributed by atoms with Crippen LogP contribution in [0.2, 0.25) is 0 Å². The van der Waals surface area contributed by atoms with Crippen molar-refractivity contribution in [2.75, 3.05) is 11.4 Å². The van der Waals surface area contributed by atoms with Crippen LogP contribution in [0.15, 0.2) is 22.7 Å². The first-order valence-corrected chi connectivity index (χ1v) is 6.42. The Morgan fingerprint density at radius 2 is 2.19 bits per heavy atom. The van der Waals surface area contributed by atoms with Gasteiger partial charge in [0, 0.05) is 28.3 Å². The summed E-state index contributed by atoms with van der Waals surface area (Å²) in [7, 11) is 0. The fraction of sp³-hybridized carbons (Fsp3) is 0.462. The highest BCUT2D eigenvalue weighted by Crippen LogP contribution is 2.32. The summed E-state index contributed by atoms with van der Waals surface area (Å²) in [4.78, 5) is 13.4. The van der Waals surface area contributed by atoms with Crippen LogP contribution in [0, 0.1) is 5.92 Å². The zero-order chi connectivity index (χ0) is 11.7. The zero-order valence-corrected chi connectivity index (χ0v) is 11.2. The minimum atomic E-state index is 0.517. The highest BCUT2D eigenvalue weighted by Gasteiger charge is 2.27. The molecule has 1 aromatic rings. The van der Waals surface area contributed by atoms with E-state index in [4.69, 9.17) is 0 Å². The Bertz CT molecular complexity index is 405. The molecule has 2 nitrogen and oxygen atoms in total. The number of hydrogen-bond acceptors (Lipinski definition) is 2. The molecule has 86 valence electrons. The quantitative estimate of drug-likeness (QED) is 0.774. The number of carbonyl (C=O) groups is 1. The standard InChI is InChI=1S/C13H16BrNO/c1-9-5-10(2)15(7-9)13-6-12(14)4-3-11(13)8-16/h3-4,6,8-10H,5,7H2,1-2H3. The van der Waals surface area contributed by atoms with E-state index in [-0.39, 0.29) is 0 Å². The summed E-state index contributed by atoms with van der Waals surface area (Å²) >= 11 is 3.47. The first-order valence-electron chi connectivity index (χ1n) is 5.63. The molecule has 1 saturated heterocycles. The second kappa shape index (κ2) is 4.58. The second-order valence-electron chi connectivity index (χ2n) is 4.66. The molecule has 0 spiro atoms. The third-order valence-electron chi connectivity index (χ3n) is 3.21. The molecule has 3 heteroatoms. The average Bonchev–Trinajstić information content (AvgIpc) is 2.57. The van der Waals surface area contributed by atoms with Crippen LogP contribution in [0.4, 0.5) is 5.69 Å². The highest BCUT2D eigenvalue weighted by atomic mass is 79.9. The molecule has 2 atom stereocenters. The smallest absolute Gasteiger partial charge is 0.152 e. The molecule has 1 heterocycles. The Balaban J connectivity index is 2.38. The number of hydrogen-bond donors (Lipinski definition) is 0. The molecular formula is C13H16BrNO. The van der Waals surface area contributed by atoms with E-state index in [1.807, 2.05) is 18.2 Å². The Kier molecular flexibility index (Phi) is 3.33. The van der Waals surface area contributed by atoms with Gasteiger partial charge >= 0.3 is 0 Å². The number of halogens is 1. The lowest BCUT2D eigenvalue weighted by Crippen LogP contribution is -2.27. The van der Waals surface area contributed by atoms with E-state index in [0.29, 0.717) is 12.0 Å². The third kappa shape index (κ3) is 2.14. The summed E-state index contributed by atoms with van der Waals surface area (Å²) in [6.45, 7) is 5.52. The number of aldehydes is 1. The molecule has 1 aromatic carbocycles. The second-order valence-corrected chi connectivity index (χ2v) is 5.58. The van der Waals surface area contributed by atoms with Crippen LogP contribution in [0.5, 0.6) is 0 Å². The Morgan fingerprint density at radius 1 is 1.44 bits per heavy atom. The van der Waals surface area contributed by atoms with Gasteiger partial charge in [-0.3, -0.25) is 4.79 Å². The van der Waals surface area contributed by atoms with Crippen molar-refractivity contribution >= 4 is 27.9 Å². The van der Waals surface area contributed by atoms with E-state index in [1.54, 1.807) is 0 Å². The predicted octanol–water partition coefficient (Wildman–Crippen LogP) is 3.50. The molecule has 1 aliphatic rings. The molecule has 2 rings (SSSR count). The minimum absolute atomic E-state index is 0.517. The number of benzene rings is 1. The summed E-state index contributed by atoms with van der Waals surface area (Å²) < 4.78 is 1.03. The van der Waals surface area contributed by atoms with Crippen molar-refractivity contribution in [3.63, 3.8) is 0 Å². The molecule has 1 aliphatic heterocycles. The van der Waals surface area contributed by atoms with Crippen LogP contribution in [0.25, 0.3) is 0 Å². The SMILES string of the molecule is CC1CC(C)N(c2cc(Br)ccc2C=O)C1. The maximum Gasteiger partial charge on any atom is 0.152 e. The lowest BCUT2D eigenvalue weighted by molar-refractivity contribution is 0.112. The van der Waals surface area contributed by atoms with Crippen molar-refractivity contribution < 1.29 is 4.79 Å². The molecule has 0 aliphatic carbocycles. The number of anilines is 1. The Hall–Kier alpha value is -0.830. The van der Waals surface area contributed by atoms with Crippen LogP contribution in [0.3, 0.4) is 0 Å². The number of rotatable bonds is 2. The monoisotopic (exact) mass is 281 g/mol. The van der Waals surface area contributed by atoms with Gasteiger partial charge in [-0.2, -0.15) is 0 Å². The summed E-state index contributed by atoms with van der Waals surface area (Å²) in [6, 6.07) is 6.35. The van der Waals surface area contributed by atoms with E-state index in [1.165, 1.54) is 6.42 Å². The molecule has 0 N–H and O–H groups in total. The molecule has 2 unspecified atom stereocenters. The highest BCUT2D eigenvalue weighted by molar-refractivity contribution is 9.10. The van der Waals surface area contributed by atoms with Gasteiger partial charge in [0.05, 0.1) is 0 Å². The molecular weight excluding hydrogens is 266 g/mol. The van der Waals surface area contributed by atoms with E-state index < -0.39 is 0 Å². The van der Waals surface area contributed by atoms with Crippen molar-refractivity contribution in [1.29, 1.82) is 0 Å². The van der Waals surface area contributed by atoms with Crippen molar-refractivity contribution in [3.8, 4) is 0 Å². The number of carbonyl (C=O) groups excluding carboxylic acids is 1. The normalized spacial score (nSPS) is 24.8. The molecule has 0 aromatic heterocycles. The van der Waals surface area contributed by atoms with Crippen LogP contribution in [-0.2, 0) is 0 Å². The first kappa shape index (κ1) is 11.6. The van der Waals surface area contributed by atoms with Gasteiger partial charge in [0.1, 0.15) is 0 Å². The average molecular weight is 282 g/mol. The van der Waals surface area contributed by atoms with Gasteiger partial charge in [0.25, 0.3) is 0 Å². The molecule has 0 radical (unpaired) electrons. The molecule has 0 bridgehead atoms. The van der Waals surface area contributed by atoms with Crippen LogP contribution < -0.4 is 4.90 Å². The van der Waals surface area contributed by atoms with Gasteiger partial charge in [-0.25, -0.2) is 0 Å². The molecule has 16 heavy (non-hydrogen) atoms. The largest absolute Gasteiger partial charge is 0.368 e. The van der Waals surface area contributed by atoms with Crippen molar-refractivity contribution in [2.24, 2.45) is 5.92 Å². The van der Waals surface area contributed by atoms with Crippen LogP contribution in [0.1, 0.15) is 30.6 Å². The van der Waals surface area contributed by atoms with E-state index in [0.717, 1.165) is 28.6 Å². The van der Waals surface area contributed by atoms with E-state index in [2.05, 4.69) is 34.7 Å².